The Bertz CT molecular complexity index is 931. The molecule has 0 aromatic heterocycles. The molecule has 25 heavy (non-hydrogen) atoms. The van der Waals surface area contributed by atoms with Gasteiger partial charge in [0.25, 0.3) is 11.8 Å². The van der Waals surface area contributed by atoms with E-state index in [1.807, 2.05) is 13.0 Å². The number of nitrogens with zero attached hydrogens (tertiary/aromatic N) is 1. The summed E-state index contributed by atoms with van der Waals surface area (Å²) in [5, 5.41) is 11.7. The lowest BCUT2D eigenvalue weighted by atomic mass is 10.0. The van der Waals surface area contributed by atoms with Crippen LogP contribution >= 0.6 is 0 Å². The van der Waals surface area contributed by atoms with Crippen LogP contribution in [0.5, 0.6) is 5.75 Å². The zero-order valence-electron chi connectivity index (χ0n) is 13.7. The standard InChI is InChI=1S/C19H16N2O4/c1-11-5-3-8-16(12(11)2)21-18(24)15(17(23)20-19(21)25)10-13-6-4-7-14(22)9-13/h3-10,22H,1-2H3,(H,20,23,25)/b15-10-. The van der Waals surface area contributed by atoms with E-state index in [0.29, 0.717) is 11.3 Å². The molecule has 1 saturated heterocycles. The molecular weight excluding hydrogens is 320 g/mol. The molecule has 2 aromatic rings. The van der Waals surface area contributed by atoms with Gasteiger partial charge < -0.3 is 5.11 Å². The molecule has 0 bridgehead atoms. The Balaban J connectivity index is 2.07. The van der Waals surface area contributed by atoms with Crippen molar-refractivity contribution in [2.24, 2.45) is 0 Å². The number of amides is 4. The van der Waals surface area contributed by atoms with E-state index in [4.69, 9.17) is 0 Å². The summed E-state index contributed by atoms with van der Waals surface area (Å²) in [6.07, 6.45) is 1.35. The third-order valence-corrected chi connectivity index (χ3v) is 4.10. The van der Waals surface area contributed by atoms with Crippen LogP contribution < -0.4 is 10.2 Å². The van der Waals surface area contributed by atoms with Crippen LogP contribution in [0.4, 0.5) is 10.5 Å². The fraction of sp³-hybridized carbons (Fsp3) is 0.105. The minimum atomic E-state index is -0.781. The number of benzene rings is 2. The van der Waals surface area contributed by atoms with E-state index in [1.54, 1.807) is 31.2 Å². The quantitative estimate of drug-likeness (QED) is 0.652. The molecule has 4 amide bonds. The second-order valence-corrected chi connectivity index (χ2v) is 5.77. The first kappa shape index (κ1) is 16.4. The summed E-state index contributed by atoms with van der Waals surface area (Å²) in [4.78, 5) is 38.1. The maximum atomic E-state index is 12.8. The number of hydrogen-bond donors (Lipinski definition) is 2. The smallest absolute Gasteiger partial charge is 0.335 e. The molecule has 1 aliphatic rings. The highest BCUT2D eigenvalue weighted by Crippen LogP contribution is 2.27. The number of aromatic hydroxyl groups is 1. The summed E-state index contributed by atoms with van der Waals surface area (Å²) in [6, 6.07) is 10.6. The molecule has 0 radical (unpaired) electrons. The SMILES string of the molecule is Cc1cccc(N2C(=O)NC(=O)/C(=C/c3cccc(O)c3)C2=O)c1C. The van der Waals surface area contributed by atoms with Gasteiger partial charge in [0.05, 0.1) is 5.69 Å². The van der Waals surface area contributed by atoms with Crippen molar-refractivity contribution < 1.29 is 19.5 Å². The predicted molar refractivity (Wildman–Crippen MR) is 93.0 cm³/mol. The number of rotatable bonds is 2. The van der Waals surface area contributed by atoms with Gasteiger partial charge in [-0.1, -0.05) is 24.3 Å². The number of anilines is 1. The molecule has 0 atom stereocenters. The van der Waals surface area contributed by atoms with Crippen molar-refractivity contribution in [3.8, 4) is 5.75 Å². The van der Waals surface area contributed by atoms with Crippen LogP contribution in [0, 0.1) is 13.8 Å². The Morgan fingerprint density at radius 1 is 1.04 bits per heavy atom. The predicted octanol–water partition coefficient (Wildman–Crippen LogP) is 2.68. The fourth-order valence-corrected chi connectivity index (χ4v) is 2.64. The van der Waals surface area contributed by atoms with Crippen LogP contribution in [-0.2, 0) is 9.59 Å². The van der Waals surface area contributed by atoms with Gasteiger partial charge in [-0.25, -0.2) is 9.69 Å². The summed E-state index contributed by atoms with van der Waals surface area (Å²) in [7, 11) is 0. The van der Waals surface area contributed by atoms with E-state index >= 15 is 0 Å². The number of carbonyl (C=O) groups excluding carboxylic acids is 3. The summed E-state index contributed by atoms with van der Waals surface area (Å²) in [6.45, 7) is 3.68. The van der Waals surface area contributed by atoms with E-state index in [0.717, 1.165) is 16.0 Å². The summed E-state index contributed by atoms with van der Waals surface area (Å²) in [5.41, 5.74) is 2.43. The van der Waals surface area contributed by atoms with Crippen LogP contribution in [0.2, 0.25) is 0 Å². The van der Waals surface area contributed by atoms with E-state index in [1.165, 1.54) is 18.2 Å². The Morgan fingerprint density at radius 2 is 1.76 bits per heavy atom. The van der Waals surface area contributed by atoms with Gasteiger partial charge in [-0.3, -0.25) is 14.9 Å². The molecular formula is C19H16N2O4. The molecule has 1 aliphatic heterocycles. The van der Waals surface area contributed by atoms with E-state index in [2.05, 4.69) is 5.32 Å². The highest BCUT2D eigenvalue weighted by atomic mass is 16.3. The maximum Gasteiger partial charge on any atom is 0.335 e. The highest BCUT2D eigenvalue weighted by Gasteiger charge is 2.37. The van der Waals surface area contributed by atoms with Crippen molar-refractivity contribution in [3.63, 3.8) is 0 Å². The molecule has 1 heterocycles. The maximum absolute atomic E-state index is 12.8. The van der Waals surface area contributed by atoms with Gasteiger partial charge in [0, 0.05) is 0 Å². The van der Waals surface area contributed by atoms with Crippen molar-refractivity contribution in [1.29, 1.82) is 0 Å². The average molecular weight is 336 g/mol. The highest BCUT2D eigenvalue weighted by molar-refractivity contribution is 6.39. The van der Waals surface area contributed by atoms with Gasteiger partial charge in [0.1, 0.15) is 11.3 Å². The first-order valence-corrected chi connectivity index (χ1v) is 7.65. The monoisotopic (exact) mass is 336 g/mol. The lowest BCUT2D eigenvalue weighted by Gasteiger charge is -2.28. The molecule has 3 rings (SSSR count). The largest absolute Gasteiger partial charge is 0.508 e. The van der Waals surface area contributed by atoms with Crippen molar-refractivity contribution in [3.05, 3.63) is 64.7 Å². The molecule has 0 aliphatic carbocycles. The van der Waals surface area contributed by atoms with Gasteiger partial charge >= 0.3 is 6.03 Å². The van der Waals surface area contributed by atoms with Gasteiger partial charge in [0.15, 0.2) is 0 Å². The third kappa shape index (κ3) is 3.01. The Kier molecular flexibility index (Phi) is 4.10. The van der Waals surface area contributed by atoms with E-state index in [-0.39, 0.29) is 11.3 Å². The van der Waals surface area contributed by atoms with Crippen molar-refractivity contribution in [2.45, 2.75) is 13.8 Å². The van der Waals surface area contributed by atoms with Crippen LogP contribution in [0.25, 0.3) is 6.08 Å². The number of nitrogens with one attached hydrogen (secondary N) is 1. The topological polar surface area (TPSA) is 86.7 Å². The molecule has 0 spiro atoms. The molecule has 2 aromatic carbocycles. The van der Waals surface area contributed by atoms with Crippen LogP contribution in [-0.4, -0.2) is 23.0 Å². The Hall–Kier alpha value is -3.41. The Labute approximate surface area is 144 Å². The first-order valence-electron chi connectivity index (χ1n) is 7.65. The molecule has 0 unspecified atom stereocenters. The number of carbonyl (C=O) groups is 3. The lowest BCUT2D eigenvalue weighted by molar-refractivity contribution is -0.122. The number of hydrogen-bond acceptors (Lipinski definition) is 4. The molecule has 6 heteroatoms. The number of phenols is 1. The van der Waals surface area contributed by atoms with Crippen molar-refractivity contribution in [1.82, 2.24) is 5.32 Å². The van der Waals surface area contributed by atoms with Gasteiger partial charge in [-0.2, -0.15) is 0 Å². The van der Waals surface area contributed by atoms with Crippen LogP contribution in [0.3, 0.4) is 0 Å². The first-order chi connectivity index (χ1) is 11.9. The number of aryl methyl sites for hydroxylation is 1. The number of imide groups is 2. The van der Waals surface area contributed by atoms with E-state index in [9.17, 15) is 19.5 Å². The summed E-state index contributed by atoms with van der Waals surface area (Å²) in [5.74, 6) is -1.45. The van der Waals surface area contributed by atoms with E-state index < -0.39 is 17.8 Å². The van der Waals surface area contributed by atoms with Gasteiger partial charge in [-0.15, -0.1) is 0 Å². The normalized spacial score (nSPS) is 16.3. The fourth-order valence-electron chi connectivity index (χ4n) is 2.64. The van der Waals surface area contributed by atoms with Crippen molar-refractivity contribution >= 4 is 29.6 Å². The summed E-state index contributed by atoms with van der Waals surface area (Å²) < 4.78 is 0. The second-order valence-electron chi connectivity index (χ2n) is 5.77. The zero-order valence-corrected chi connectivity index (χ0v) is 13.7. The summed E-state index contributed by atoms with van der Waals surface area (Å²) >= 11 is 0. The second kappa shape index (κ2) is 6.24. The Morgan fingerprint density at radius 3 is 2.48 bits per heavy atom. The minimum absolute atomic E-state index is 0.0143. The minimum Gasteiger partial charge on any atom is -0.508 e. The number of urea groups is 1. The van der Waals surface area contributed by atoms with Gasteiger partial charge in [-0.05, 0) is 54.8 Å². The van der Waals surface area contributed by atoms with Crippen molar-refractivity contribution in [2.75, 3.05) is 4.90 Å². The van der Waals surface area contributed by atoms with Gasteiger partial charge in [0.2, 0.25) is 0 Å². The average Bonchev–Trinajstić information content (AvgIpc) is 2.55. The third-order valence-electron chi connectivity index (χ3n) is 4.10. The molecule has 0 saturated carbocycles. The number of barbiturate groups is 1. The van der Waals surface area contributed by atoms with Crippen LogP contribution in [0.15, 0.2) is 48.0 Å². The zero-order chi connectivity index (χ0) is 18.1. The molecule has 6 nitrogen and oxygen atoms in total. The van der Waals surface area contributed by atoms with Crippen LogP contribution in [0.1, 0.15) is 16.7 Å². The molecule has 1 fully saturated rings. The molecule has 2 N–H and O–H groups in total. The number of phenolic OH excluding ortho intramolecular Hbond substituents is 1. The lowest BCUT2D eigenvalue weighted by Crippen LogP contribution is -2.54. The molecule has 126 valence electrons.